The third-order valence-electron chi connectivity index (χ3n) is 4.94. The molecule has 2 aliphatic heterocycles. The molecule has 0 atom stereocenters. The summed E-state index contributed by atoms with van der Waals surface area (Å²) in [6, 6.07) is 9.69. The Labute approximate surface area is 129 Å². The van der Waals surface area contributed by atoms with E-state index in [-0.39, 0.29) is 0 Å². The Morgan fingerprint density at radius 3 is 2.52 bits per heavy atom. The van der Waals surface area contributed by atoms with Gasteiger partial charge in [-0.2, -0.15) is 0 Å². The van der Waals surface area contributed by atoms with E-state index in [1.165, 1.54) is 69.7 Å². The van der Waals surface area contributed by atoms with Crippen LogP contribution in [0.4, 0.5) is 5.69 Å². The molecule has 2 fully saturated rings. The molecule has 2 heterocycles. The van der Waals surface area contributed by atoms with E-state index in [4.69, 9.17) is 0 Å². The van der Waals surface area contributed by atoms with Gasteiger partial charge in [0.15, 0.2) is 0 Å². The second kappa shape index (κ2) is 7.28. The van der Waals surface area contributed by atoms with Gasteiger partial charge in [-0.1, -0.05) is 19.1 Å². The summed E-state index contributed by atoms with van der Waals surface area (Å²) in [7, 11) is 0. The number of nitrogens with zero attached hydrogens (tertiary/aromatic N) is 2. The van der Waals surface area contributed by atoms with Crippen LogP contribution in [0.5, 0.6) is 0 Å². The van der Waals surface area contributed by atoms with Crippen molar-refractivity contribution in [2.45, 2.75) is 45.2 Å². The third-order valence-corrected chi connectivity index (χ3v) is 4.94. The summed E-state index contributed by atoms with van der Waals surface area (Å²) >= 11 is 0. The molecule has 0 saturated carbocycles. The van der Waals surface area contributed by atoms with Gasteiger partial charge in [0.25, 0.3) is 0 Å². The zero-order chi connectivity index (χ0) is 14.5. The number of hydrogen-bond acceptors (Lipinski definition) is 3. The fourth-order valence-corrected chi connectivity index (χ4v) is 3.59. The lowest BCUT2D eigenvalue weighted by molar-refractivity contribution is 0.229. The maximum absolute atomic E-state index is 3.75. The zero-order valence-electron chi connectivity index (χ0n) is 13.4. The van der Waals surface area contributed by atoms with Gasteiger partial charge in [-0.15, -0.1) is 0 Å². The molecule has 1 N–H and O–H groups in total. The Hall–Kier alpha value is -1.06. The molecule has 0 bridgehead atoms. The van der Waals surface area contributed by atoms with E-state index in [0.717, 1.165) is 6.54 Å². The highest BCUT2D eigenvalue weighted by molar-refractivity contribution is 5.46. The standard InChI is InChI=1S/C18H29N3/c1-2-20-12-8-17(9-13-20)19-18-7-5-6-16(14-18)15-21-10-3-4-11-21/h5-7,14,17,19H,2-4,8-13,15H2,1H3. The van der Waals surface area contributed by atoms with E-state index in [0.29, 0.717) is 6.04 Å². The van der Waals surface area contributed by atoms with Crippen LogP contribution in [0.15, 0.2) is 24.3 Å². The molecule has 0 amide bonds. The number of likely N-dealkylation sites (tertiary alicyclic amines) is 2. The molecule has 21 heavy (non-hydrogen) atoms. The third kappa shape index (κ3) is 4.21. The summed E-state index contributed by atoms with van der Waals surface area (Å²) in [5.74, 6) is 0. The highest BCUT2D eigenvalue weighted by atomic mass is 15.1. The average Bonchev–Trinajstić information content (AvgIpc) is 3.01. The van der Waals surface area contributed by atoms with Crippen molar-refractivity contribution in [2.24, 2.45) is 0 Å². The van der Waals surface area contributed by atoms with Gasteiger partial charge >= 0.3 is 0 Å². The molecule has 0 unspecified atom stereocenters. The molecular formula is C18H29N3. The first-order valence-corrected chi connectivity index (χ1v) is 8.63. The van der Waals surface area contributed by atoms with Crippen molar-refractivity contribution in [3.05, 3.63) is 29.8 Å². The van der Waals surface area contributed by atoms with Crippen LogP contribution >= 0.6 is 0 Å². The smallest absolute Gasteiger partial charge is 0.0345 e. The molecule has 0 aromatic heterocycles. The van der Waals surface area contributed by atoms with Crippen LogP contribution in [0.25, 0.3) is 0 Å². The molecule has 2 aliphatic rings. The summed E-state index contributed by atoms with van der Waals surface area (Å²) in [5, 5.41) is 3.75. The van der Waals surface area contributed by atoms with Crippen LogP contribution in [-0.2, 0) is 6.54 Å². The minimum Gasteiger partial charge on any atom is -0.382 e. The Morgan fingerprint density at radius 1 is 1.05 bits per heavy atom. The van der Waals surface area contributed by atoms with Crippen LogP contribution in [0.3, 0.4) is 0 Å². The lowest BCUT2D eigenvalue weighted by Gasteiger charge is -2.32. The first-order chi connectivity index (χ1) is 10.3. The van der Waals surface area contributed by atoms with Crippen LogP contribution < -0.4 is 5.32 Å². The van der Waals surface area contributed by atoms with E-state index in [1.807, 2.05) is 0 Å². The normalized spacial score (nSPS) is 21.8. The van der Waals surface area contributed by atoms with Gasteiger partial charge in [0, 0.05) is 31.4 Å². The van der Waals surface area contributed by atoms with Gasteiger partial charge in [0.05, 0.1) is 0 Å². The van der Waals surface area contributed by atoms with Gasteiger partial charge in [0.1, 0.15) is 0 Å². The minimum atomic E-state index is 0.648. The second-order valence-electron chi connectivity index (χ2n) is 6.54. The quantitative estimate of drug-likeness (QED) is 0.897. The fraction of sp³-hybridized carbons (Fsp3) is 0.667. The van der Waals surface area contributed by atoms with Crippen LogP contribution in [0.2, 0.25) is 0 Å². The fourth-order valence-electron chi connectivity index (χ4n) is 3.59. The predicted octanol–water partition coefficient (Wildman–Crippen LogP) is 3.18. The molecule has 0 aliphatic carbocycles. The maximum Gasteiger partial charge on any atom is 0.0345 e. The van der Waals surface area contributed by atoms with Gasteiger partial charge in [-0.25, -0.2) is 0 Å². The zero-order valence-corrected chi connectivity index (χ0v) is 13.4. The van der Waals surface area contributed by atoms with Crippen LogP contribution in [0.1, 0.15) is 38.2 Å². The molecule has 116 valence electrons. The van der Waals surface area contributed by atoms with Crippen molar-refractivity contribution in [1.29, 1.82) is 0 Å². The number of benzene rings is 1. The van der Waals surface area contributed by atoms with E-state index < -0.39 is 0 Å². The molecule has 1 aromatic rings. The minimum absolute atomic E-state index is 0.648. The van der Waals surface area contributed by atoms with E-state index in [9.17, 15) is 0 Å². The summed E-state index contributed by atoms with van der Waals surface area (Å²) in [4.78, 5) is 5.11. The number of rotatable bonds is 5. The number of nitrogens with one attached hydrogen (secondary N) is 1. The lowest BCUT2D eigenvalue weighted by Crippen LogP contribution is -2.38. The Balaban J connectivity index is 1.53. The summed E-state index contributed by atoms with van der Waals surface area (Å²) in [6.07, 6.45) is 5.27. The molecule has 2 saturated heterocycles. The molecule has 3 rings (SSSR count). The van der Waals surface area contributed by atoms with Gasteiger partial charge < -0.3 is 10.2 Å². The van der Waals surface area contributed by atoms with Gasteiger partial charge in [0.2, 0.25) is 0 Å². The number of piperidine rings is 1. The lowest BCUT2D eigenvalue weighted by atomic mass is 10.0. The summed E-state index contributed by atoms with van der Waals surface area (Å²) in [5.41, 5.74) is 2.76. The highest BCUT2D eigenvalue weighted by Crippen LogP contribution is 2.19. The first kappa shape index (κ1) is 14.9. The number of anilines is 1. The van der Waals surface area contributed by atoms with Crippen LogP contribution in [0, 0.1) is 0 Å². The average molecular weight is 287 g/mol. The van der Waals surface area contributed by atoms with Crippen molar-refractivity contribution in [3.8, 4) is 0 Å². The molecule has 0 radical (unpaired) electrons. The SMILES string of the molecule is CCN1CCC(Nc2cccc(CN3CCCC3)c2)CC1. The number of hydrogen-bond donors (Lipinski definition) is 1. The predicted molar refractivity (Wildman–Crippen MR) is 89.7 cm³/mol. The largest absolute Gasteiger partial charge is 0.382 e. The Morgan fingerprint density at radius 2 is 1.81 bits per heavy atom. The topological polar surface area (TPSA) is 18.5 Å². The maximum atomic E-state index is 3.75. The van der Waals surface area contributed by atoms with Gasteiger partial charge in [-0.05, 0) is 63.0 Å². The summed E-state index contributed by atoms with van der Waals surface area (Å²) < 4.78 is 0. The van der Waals surface area contributed by atoms with Crippen molar-refractivity contribution in [2.75, 3.05) is 38.0 Å². The van der Waals surface area contributed by atoms with E-state index in [2.05, 4.69) is 46.3 Å². The van der Waals surface area contributed by atoms with Crippen molar-refractivity contribution >= 4 is 5.69 Å². The highest BCUT2D eigenvalue weighted by Gasteiger charge is 2.18. The Bertz CT molecular complexity index is 432. The van der Waals surface area contributed by atoms with Crippen molar-refractivity contribution in [3.63, 3.8) is 0 Å². The van der Waals surface area contributed by atoms with Crippen LogP contribution in [-0.4, -0.2) is 48.6 Å². The first-order valence-electron chi connectivity index (χ1n) is 8.63. The molecular weight excluding hydrogens is 258 g/mol. The van der Waals surface area contributed by atoms with Crippen molar-refractivity contribution in [1.82, 2.24) is 9.80 Å². The van der Waals surface area contributed by atoms with Gasteiger partial charge in [-0.3, -0.25) is 4.90 Å². The molecule has 3 nitrogen and oxygen atoms in total. The monoisotopic (exact) mass is 287 g/mol. The second-order valence-corrected chi connectivity index (χ2v) is 6.54. The van der Waals surface area contributed by atoms with Crippen molar-refractivity contribution < 1.29 is 0 Å². The molecule has 0 spiro atoms. The Kier molecular flexibility index (Phi) is 5.15. The molecule has 3 heteroatoms. The molecule has 1 aromatic carbocycles. The summed E-state index contributed by atoms with van der Waals surface area (Å²) in [6.45, 7) is 9.58. The van der Waals surface area contributed by atoms with E-state index >= 15 is 0 Å². The van der Waals surface area contributed by atoms with E-state index in [1.54, 1.807) is 0 Å².